The Morgan fingerprint density at radius 1 is 0.909 bits per heavy atom. The van der Waals surface area contributed by atoms with Crippen LogP contribution in [0.3, 0.4) is 0 Å². The number of nitrogens with zero attached hydrogens (tertiary/aromatic N) is 1. The molecule has 0 aliphatic rings. The van der Waals surface area contributed by atoms with Crippen LogP contribution in [0.2, 0.25) is 0 Å². The number of rotatable bonds is 5. The largest absolute Gasteiger partial charge is 0.497 e. The van der Waals surface area contributed by atoms with Crippen molar-refractivity contribution in [2.24, 2.45) is 0 Å². The summed E-state index contributed by atoms with van der Waals surface area (Å²) in [6, 6.07) is 15.1. The van der Waals surface area contributed by atoms with Gasteiger partial charge in [-0.3, -0.25) is 0 Å². The molecule has 0 aliphatic carbocycles. The Hall–Kier alpha value is -2.93. The molecule has 0 aromatic heterocycles. The number of allylic oxidation sites excluding steroid dienone is 1. The van der Waals surface area contributed by atoms with Gasteiger partial charge in [0.25, 0.3) is 0 Å². The van der Waals surface area contributed by atoms with E-state index in [9.17, 15) is 5.26 Å². The maximum Gasteiger partial charge on any atom is 0.161 e. The highest BCUT2D eigenvalue weighted by atomic mass is 16.5. The lowest BCUT2D eigenvalue weighted by molar-refractivity contribution is 0.355. The van der Waals surface area contributed by atoms with E-state index in [2.05, 4.69) is 6.07 Å². The third-order valence-electron chi connectivity index (χ3n) is 3.24. The summed E-state index contributed by atoms with van der Waals surface area (Å²) in [5, 5.41) is 9.42. The van der Waals surface area contributed by atoms with Crippen molar-refractivity contribution in [3.8, 4) is 23.3 Å². The minimum atomic E-state index is 0.547. The van der Waals surface area contributed by atoms with Crippen molar-refractivity contribution < 1.29 is 14.2 Å². The molecular formula is C18H17NO3. The fraction of sp³-hybridized carbons (Fsp3) is 0.167. The van der Waals surface area contributed by atoms with E-state index < -0.39 is 0 Å². The second-order valence-electron chi connectivity index (χ2n) is 4.51. The summed E-state index contributed by atoms with van der Waals surface area (Å²) >= 11 is 0. The lowest BCUT2D eigenvalue weighted by Gasteiger charge is -2.09. The van der Waals surface area contributed by atoms with Gasteiger partial charge in [-0.05, 0) is 47.5 Å². The van der Waals surface area contributed by atoms with Gasteiger partial charge in [-0.1, -0.05) is 12.1 Å². The van der Waals surface area contributed by atoms with Crippen LogP contribution in [0.5, 0.6) is 17.2 Å². The topological polar surface area (TPSA) is 51.5 Å². The van der Waals surface area contributed by atoms with E-state index in [0.29, 0.717) is 17.1 Å². The summed E-state index contributed by atoms with van der Waals surface area (Å²) in [6.07, 6.45) is 1.82. The van der Waals surface area contributed by atoms with Crippen LogP contribution in [0, 0.1) is 11.3 Å². The van der Waals surface area contributed by atoms with Gasteiger partial charge in [-0.25, -0.2) is 0 Å². The van der Waals surface area contributed by atoms with E-state index in [-0.39, 0.29) is 0 Å². The normalized spacial score (nSPS) is 10.7. The number of hydrogen-bond donors (Lipinski definition) is 0. The zero-order chi connectivity index (χ0) is 15.9. The Balaban J connectivity index is 2.38. The Kier molecular flexibility index (Phi) is 5.05. The van der Waals surface area contributed by atoms with Crippen LogP contribution in [0.4, 0.5) is 0 Å². The molecule has 0 N–H and O–H groups in total. The summed E-state index contributed by atoms with van der Waals surface area (Å²) in [5.74, 6) is 2.01. The van der Waals surface area contributed by atoms with Crippen LogP contribution < -0.4 is 14.2 Å². The molecular weight excluding hydrogens is 278 g/mol. The van der Waals surface area contributed by atoms with Crippen LogP contribution in [0.1, 0.15) is 11.1 Å². The second-order valence-corrected chi connectivity index (χ2v) is 4.51. The summed E-state index contributed by atoms with van der Waals surface area (Å²) in [7, 11) is 4.77. The number of methoxy groups -OCH3 is 3. The third-order valence-corrected chi connectivity index (χ3v) is 3.24. The van der Waals surface area contributed by atoms with Crippen molar-refractivity contribution in [2.75, 3.05) is 21.3 Å². The first-order valence-corrected chi connectivity index (χ1v) is 6.70. The highest BCUT2D eigenvalue weighted by Gasteiger charge is 2.08. The van der Waals surface area contributed by atoms with Crippen LogP contribution >= 0.6 is 0 Å². The predicted octanol–water partition coefficient (Wildman–Crippen LogP) is 3.78. The quantitative estimate of drug-likeness (QED) is 0.622. The molecule has 0 unspecified atom stereocenters. The van der Waals surface area contributed by atoms with Crippen LogP contribution in [0.15, 0.2) is 42.5 Å². The average molecular weight is 295 g/mol. The third kappa shape index (κ3) is 3.39. The second kappa shape index (κ2) is 7.19. The fourth-order valence-electron chi connectivity index (χ4n) is 2.05. The van der Waals surface area contributed by atoms with Gasteiger partial charge in [0.2, 0.25) is 0 Å². The SMILES string of the molecule is COc1ccc(C=C(C#N)c2ccc(OC)c(OC)c2)cc1. The minimum absolute atomic E-state index is 0.547. The number of ether oxygens (including phenoxy) is 3. The first kappa shape index (κ1) is 15.5. The van der Waals surface area contributed by atoms with E-state index in [1.807, 2.05) is 36.4 Å². The monoisotopic (exact) mass is 295 g/mol. The Morgan fingerprint density at radius 3 is 2.14 bits per heavy atom. The van der Waals surface area contributed by atoms with E-state index in [0.717, 1.165) is 16.9 Å². The minimum Gasteiger partial charge on any atom is -0.497 e. The van der Waals surface area contributed by atoms with Crippen LogP contribution in [-0.4, -0.2) is 21.3 Å². The molecule has 0 bridgehead atoms. The van der Waals surface area contributed by atoms with E-state index in [4.69, 9.17) is 14.2 Å². The van der Waals surface area contributed by atoms with Gasteiger partial charge in [0, 0.05) is 0 Å². The molecule has 0 spiro atoms. The Bertz CT molecular complexity index is 712. The molecule has 0 amide bonds. The van der Waals surface area contributed by atoms with Gasteiger partial charge >= 0.3 is 0 Å². The standard InChI is InChI=1S/C18H17NO3/c1-20-16-7-4-13(5-8-16)10-15(12-19)14-6-9-17(21-2)18(11-14)22-3/h4-11H,1-3H3. The lowest BCUT2D eigenvalue weighted by atomic mass is 10.0. The molecule has 0 saturated carbocycles. The Morgan fingerprint density at radius 2 is 1.59 bits per heavy atom. The van der Waals surface area contributed by atoms with Crippen molar-refractivity contribution >= 4 is 11.6 Å². The van der Waals surface area contributed by atoms with Gasteiger partial charge < -0.3 is 14.2 Å². The number of hydrogen-bond acceptors (Lipinski definition) is 4. The van der Waals surface area contributed by atoms with Gasteiger partial charge in [-0.15, -0.1) is 0 Å². The van der Waals surface area contributed by atoms with E-state index in [1.54, 1.807) is 33.5 Å². The molecule has 0 saturated heterocycles. The molecule has 4 nitrogen and oxygen atoms in total. The molecule has 2 rings (SSSR count). The maximum absolute atomic E-state index is 9.42. The van der Waals surface area contributed by atoms with Gasteiger partial charge in [0.15, 0.2) is 11.5 Å². The molecule has 112 valence electrons. The first-order chi connectivity index (χ1) is 10.7. The molecule has 2 aromatic carbocycles. The average Bonchev–Trinajstić information content (AvgIpc) is 2.59. The molecule has 4 heteroatoms. The molecule has 0 atom stereocenters. The summed E-state index contributed by atoms with van der Waals surface area (Å²) < 4.78 is 15.6. The molecule has 22 heavy (non-hydrogen) atoms. The van der Waals surface area contributed by atoms with E-state index in [1.165, 1.54) is 0 Å². The van der Waals surface area contributed by atoms with Crippen molar-refractivity contribution in [1.82, 2.24) is 0 Å². The zero-order valence-electron chi connectivity index (χ0n) is 12.8. The van der Waals surface area contributed by atoms with Crippen LogP contribution in [-0.2, 0) is 0 Å². The molecule has 2 aromatic rings. The molecule has 0 radical (unpaired) electrons. The molecule has 0 aliphatic heterocycles. The fourth-order valence-corrected chi connectivity index (χ4v) is 2.05. The maximum atomic E-state index is 9.42. The van der Waals surface area contributed by atoms with Crippen molar-refractivity contribution in [3.63, 3.8) is 0 Å². The first-order valence-electron chi connectivity index (χ1n) is 6.70. The molecule has 0 fully saturated rings. The summed E-state index contributed by atoms with van der Waals surface area (Å²) in [5.41, 5.74) is 2.24. The molecule has 0 heterocycles. The smallest absolute Gasteiger partial charge is 0.161 e. The van der Waals surface area contributed by atoms with Gasteiger partial charge in [0.1, 0.15) is 5.75 Å². The van der Waals surface area contributed by atoms with Gasteiger partial charge in [0.05, 0.1) is 33.0 Å². The summed E-state index contributed by atoms with van der Waals surface area (Å²) in [4.78, 5) is 0. The van der Waals surface area contributed by atoms with Crippen molar-refractivity contribution in [3.05, 3.63) is 53.6 Å². The highest BCUT2D eigenvalue weighted by Crippen LogP contribution is 2.31. The number of benzene rings is 2. The summed E-state index contributed by atoms with van der Waals surface area (Å²) in [6.45, 7) is 0. The van der Waals surface area contributed by atoms with Crippen LogP contribution in [0.25, 0.3) is 11.6 Å². The number of nitriles is 1. The Labute approximate surface area is 130 Å². The predicted molar refractivity (Wildman–Crippen MR) is 86.0 cm³/mol. The van der Waals surface area contributed by atoms with Crippen molar-refractivity contribution in [2.45, 2.75) is 0 Å². The van der Waals surface area contributed by atoms with Gasteiger partial charge in [-0.2, -0.15) is 5.26 Å². The lowest BCUT2D eigenvalue weighted by Crippen LogP contribution is -1.92. The highest BCUT2D eigenvalue weighted by molar-refractivity contribution is 5.90. The zero-order valence-corrected chi connectivity index (χ0v) is 12.8. The van der Waals surface area contributed by atoms with E-state index >= 15 is 0 Å². The van der Waals surface area contributed by atoms with Crippen molar-refractivity contribution in [1.29, 1.82) is 5.26 Å².